The Morgan fingerprint density at radius 1 is 0.536 bits per heavy atom. The van der Waals surface area contributed by atoms with Gasteiger partial charge in [-0.2, -0.15) is 0 Å². The highest BCUT2D eigenvalue weighted by atomic mass is 31.2. The van der Waals surface area contributed by atoms with E-state index < -0.39 is 7.26 Å². The van der Waals surface area contributed by atoms with Gasteiger partial charge in [-0.25, -0.2) is 4.79 Å². The average molecular weight is 381 g/mol. The first-order chi connectivity index (χ1) is 13.8. The Morgan fingerprint density at radius 3 is 1.39 bits per heavy atom. The van der Waals surface area contributed by atoms with Crippen molar-refractivity contribution in [1.82, 2.24) is 0 Å². The molecule has 0 aliphatic rings. The van der Waals surface area contributed by atoms with Gasteiger partial charge in [-0.3, -0.25) is 0 Å². The maximum atomic E-state index is 14.1. The van der Waals surface area contributed by atoms with E-state index in [2.05, 4.69) is 36.4 Å². The minimum absolute atomic E-state index is 0.231. The quantitative estimate of drug-likeness (QED) is 0.392. The van der Waals surface area contributed by atoms with E-state index in [-0.39, 0.29) is 5.52 Å². The van der Waals surface area contributed by atoms with Crippen LogP contribution in [-0.2, 0) is 6.16 Å². The normalized spacial score (nSPS) is 11.1. The van der Waals surface area contributed by atoms with Crippen LogP contribution in [-0.4, -0.2) is 5.52 Å². The third-order valence-corrected chi connectivity index (χ3v) is 9.17. The molecule has 28 heavy (non-hydrogen) atoms. The Balaban J connectivity index is 1.98. The molecule has 2 heteroatoms. The molecule has 0 saturated carbocycles. The molecule has 136 valence electrons. The van der Waals surface area contributed by atoms with Gasteiger partial charge in [0.1, 0.15) is 16.8 Å². The molecule has 0 fully saturated rings. The monoisotopic (exact) mass is 381 g/mol. The highest BCUT2D eigenvalue weighted by molar-refractivity contribution is 8.02. The largest absolute Gasteiger partial charge is 0.308 e. The van der Waals surface area contributed by atoms with Crippen molar-refractivity contribution in [2.75, 3.05) is 0 Å². The zero-order chi connectivity index (χ0) is 19.2. The van der Waals surface area contributed by atoms with Crippen molar-refractivity contribution < 1.29 is 4.79 Å². The first-order valence-electron chi connectivity index (χ1n) is 9.44. The van der Waals surface area contributed by atoms with E-state index in [9.17, 15) is 4.79 Å². The molecule has 1 nitrogen and oxygen atoms in total. The van der Waals surface area contributed by atoms with Crippen molar-refractivity contribution >= 4 is 23.4 Å². The summed E-state index contributed by atoms with van der Waals surface area (Å²) < 4.78 is 0. The Hall–Kier alpha value is -3.02. The number of rotatable bonds is 6. The van der Waals surface area contributed by atoms with Crippen LogP contribution in [0.3, 0.4) is 0 Å². The van der Waals surface area contributed by atoms with Gasteiger partial charge >= 0.3 is 5.52 Å². The summed E-state index contributed by atoms with van der Waals surface area (Å²) in [5.74, 6) is 0. The lowest BCUT2D eigenvalue weighted by Crippen LogP contribution is -2.30. The smallest absolute Gasteiger partial charge is 0.246 e. The number of benzene rings is 4. The van der Waals surface area contributed by atoms with Crippen LogP contribution in [0.1, 0.15) is 15.9 Å². The molecule has 0 N–H and O–H groups in total. The van der Waals surface area contributed by atoms with Crippen LogP contribution in [0.15, 0.2) is 121 Å². The summed E-state index contributed by atoms with van der Waals surface area (Å²) in [4.78, 5) is 14.1. The lowest BCUT2D eigenvalue weighted by molar-refractivity contribution is 0.108. The summed E-state index contributed by atoms with van der Waals surface area (Å²) in [7, 11) is -2.37. The fourth-order valence-corrected chi connectivity index (χ4v) is 7.65. The maximum Gasteiger partial charge on any atom is 0.308 e. The molecule has 0 spiro atoms. The summed E-state index contributed by atoms with van der Waals surface area (Å²) in [6.45, 7) is 0. The first-order valence-corrected chi connectivity index (χ1v) is 11.4. The van der Waals surface area contributed by atoms with Crippen LogP contribution >= 0.6 is 7.26 Å². The zero-order valence-corrected chi connectivity index (χ0v) is 16.5. The van der Waals surface area contributed by atoms with Crippen molar-refractivity contribution in [3.63, 3.8) is 0 Å². The minimum Gasteiger partial charge on any atom is -0.246 e. The molecule has 0 radical (unpaired) electrons. The van der Waals surface area contributed by atoms with Crippen molar-refractivity contribution in [3.05, 3.63) is 132 Å². The van der Waals surface area contributed by atoms with Gasteiger partial charge in [0, 0.05) is 0 Å². The third kappa shape index (κ3) is 3.54. The minimum atomic E-state index is -2.37. The predicted octanol–water partition coefficient (Wildman–Crippen LogP) is 5.70. The molecular weight excluding hydrogens is 359 g/mol. The molecule has 0 aliphatic heterocycles. The number of carbonyl (C=O) groups is 1. The van der Waals surface area contributed by atoms with Crippen molar-refractivity contribution in [2.45, 2.75) is 6.16 Å². The van der Waals surface area contributed by atoms with E-state index in [0.717, 1.165) is 22.3 Å². The first kappa shape index (κ1) is 18.3. The van der Waals surface area contributed by atoms with Gasteiger partial charge in [0.05, 0.1) is 5.56 Å². The molecule has 0 heterocycles. The van der Waals surface area contributed by atoms with E-state index in [4.69, 9.17) is 0 Å². The molecule has 0 aromatic heterocycles. The molecular formula is C26H22OP+. The molecule has 0 bridgehead atoms. The second-order valence-electron chi connectivity index (χ2n) is 6.80. The fraction of sp³-hybridized carbons (Fsp3) is 0.0385. The van der Waals surface area contributed by atoms with Gasteiger partial charge < -0.3 is 0 Å². The van der Waals surface area contributed by atoms with Gasteiger partial charge in [-0.15, -0.1) is 0 Å². The standard InChI is InChI=1S/C26H22OP/c27-26(23-15-7-2-8-16-23)28(24-17-9-3-10-18-24,25-19-11-4-12-20-25)21-22-13-5-1-6-14-22/h1-20H,21H2/q+1. The lowest BCUT2D eigenvalue weighted by Gasteiger charge is -2.25. The third-order valence-electron chi connectivity index (χ3n) is 5.02. The van der Waals surface area contributed by atoms with E-state index in [0.29, 0.717) is 0 Å². The fourth-order valence-electron chi connectivity index (χ4n) is 3.66. The molecule has 4 rings (SSSR count). The summed E-state index contributed by atoms with van der Waals surface area (Å²) in [5.41, 5.74) is 2.20. The summed E-state index contributed by atoms with van der Waals surface area (Å²) in [6.07, 6.45) is 0.718. The summed E-state index contributed by atoms with van der Waals surface area (Å²) in [6, 6.07) is 40.7. The van der Waals surface area contributed by atoms with Gasteiger partial charge in [0.25, 0.3) is 0 Å². The molecule has 4 aromatic rings. The van der Waals surface area contributed by atoms with E-state index >= 15 is 0 Å². The van der Waals surface area contributed by atoms with E-state index in [1.807, 2.05) is 84.9 Å². The average Bonchev–Trinajstić information content (AvgIpc) is 2.79. The second-order valence-corrected chi connectivity index (χ2v) is 10.2. The predicted molar refractivity (Wildman–Crippen MR) is 120 cm³/mol. The Labute approximate surface area is 167 Å². The number of hydrogen-bond acceptors (Lipinski definition) is 1. The topological polar surface area (TPSA) is 17.1 Å². The van der Waals surface area contributed by atoms with Crippen LogP contribution < -0.4 is 10.6 Å². The molecule has 0 saturated heterocycles. The van der Waals surface area contributed by atoms with Crippen LogP contribution in [0.25, 0.3) is 0 Å². The van der Waals surface area contributed by atoms with Crippen LogP contribution in [0, 0.1) is 0 Å². The molecule has 4 aromatic carbocycles. The number of carbonyl (C=O) groups excluding carboxylic acids is 1. The van der Waals surface area contributed by atoms with Gasteiger partial charge in [0.2, 0.25) is 0 Å². The molecule has 0 unspecified atom stereocenters. The lowest BCUT2D eigenvalue weighted by atomic mass is 10.2. The Morgan fingerprint density at radius 2 is 0.929 bits per heavy atom. The summed E-state index contributed by atoms with van der Waals surface area (Å²) >= 11 is 0. The van der Waals surface area contributed by atoms with Crippen molar-refractivity contribution in [1.29, 1.82) is 0 Å². The zero-order valence-electron chi connectivity index (χ0n) is 15.6. The highest BCUT2D eigenvalue weighted by Gasteiger charge is 2.51. The molecule has 0 atom stereocenters. The second kappa shape index (κ2) is 8.33. The van der Waals surface area contributed by atoms with E-state index in [1.54, 1.807) is 0 Å². The molecule has 0 aliphatic carbocycles. The Bertz CT molecular complexity index is 989. The molecule has 0 amide bonds. The van der Waals surface area contributed by atoms with Gasteiger partial charge in [-0.05, 0) is 42.0 Å². The van der Waals surface area contributed by atoms with E-state index in [1.165, 1.54) is 5.56 Å². The van der Waals surface area contributed by atoms with Gasteiger partial charge in [0.15, 0.2) is 7.26 Å². The maximum absolute atomic E-state index is 14.1. The van der Waals surface area contributed by atoms with Crippen molar-refractivity contribution in [3.8, 4) is 0 Å². The number of hydrogen-bond donors (Lipinski definition) is 0. The highest BCUT2D eigenvalue weighted by Crippen LogP contribution is 2.61. The van der Waals surface area contributed by atoms with Crippen LogP contribution in [0.5, 0.6) is 0 Å². The Kier molecular flexibility index (Phi) is 5.46. The van der Waals surface area contributed by atoms with Crippen LogP contribution in [0.2, 0.25) is 0 Å². The van der Waals surface area contributed by atoms with Crippen LogP contribution in [0.4, 0.5) is 0 Å². The van der Waals surface area contributed by atoms with Gasteiger partial charge in [-0.1, -0.05) is 84.9 Å². The summed E-state index contributed by atoms with van der Waals surface area (Å²) in [5, 5.41) is 2.25. The van der Waals surface area contributed by atoms with Crippen molar-refractivity contribution in [2.24, 2.45) is 0 Å². The SMILES string of the molecule is O=C(c1ccccc1)[P+](Cc1ccccc1)(c1ccccc1)c1ccccc1.